The third kappa shape index (κ3) is 4.53. The third-order valence-electron chi connectivity index (χ3n) is 2.11. The van der Waals surface area contributed by atoms with E-state index in [-0.39, 0.29) is 6.42 Å². The molecule has 4 heteroatoms. The molecule has 0 aliphatic carbocycles. The lowest BCUT2D eigenvalue weighted by molar-refractivity contribution is -0.155. The SMILES string of the molecule is CC(C)(C)OC(=O)C[C@H](N)c1ccccc1F. The molecule has 2 N–H and O–H groups in total. The predicted molar refractivity (Wildman–Crippen MR) is 63.8 cm³/mol. The van der Waals surface area contributed by atoms with Crippen LogP contribution >= 0.6 is 0 Å². The number of carbonyl (C=O) groups excluding carboxylic acids is 1. The average molecular weight is 239 g/mol. The third-order valence-corrected chi connectivity index (χ3v) is 2.11. The van der Waals surface area contributed by atoms with Crippen LogP contribution in [0.2, 0.25) is 0 Å². The Morgan fingerprint density at radius 3 is 2.53 bits per heavy atom. The highest BCUT2D eigenvalue weighted by Gasteiger charge is 2.20. The van der Waals surface area contributed by atoms with Crippen LogP contribution in [0, 0.1) is 5.82 Å². The fourth-order valence-electron chi connectivity index (χ4n) is 1.45. The molecular formula is C13H18FNO2. The summed E-state index contributed by atoms with van der Waals surface area (Å²) in [6.07, 6.45) is -0.0296. The standard InChI is InChI=1S/C13H18FNO2/c1-13(2,3)17-12(16)8-11(15)9-6-4-5-7-10(9)14/h4-7,11H,8,15H2,1-3H3/t11-/m0/s1. The molecule has 0 aromatic heterocycles. The van der Waals surface area contributed by atoms with Gasteiger partial charge in [-0.05, 0) is 26.8 Å². The van der Waals surface area contributed by atoms with Crippen molar-refractivity contribution >= 4 is 5.97 Å². The lowest BCUT2D eigenvalue weighted by atomic mass is 10.0. The van der Waals surface area contributed by atoms with Crippen LogP contribution in [0.3, 0.4) is 0 Å². The Bertz CT molecular complexity index is 399. The van der Waals surface area contributed by atoms with Crippen molar-refractivity contribution in [3.05, 3.63) is 35.6 Å². The van der Waals surface area contributed by atoms with E-state index in [1.54, 1.807) is 39.0 Å². The van der Waals surface area contributed by atoms with Crippen LogP contribution in [0.25, 0.3) is 0 Å². The van der Waals surface area contributed by atoms with Crippen molar-refractivity contribution in [2.45, 2.75) is 38.8 Å². The van der Waals surface area contributed by atoms with Gasteiger partial charge in [0.25, 0.3) is 0 Å². The summed E-state index contributed by atoms with van der Waals surface area (Å²) in [5, 5.41) is 0. The van der Waals surface area contributed by atoms with Gasteiger partial charge in [0, 0.05) is 11.6 Å². The molecule has 0 saturated heterocycles. The van der Waals surface area contributed by atoms with Crippen molar-refractivity contribution in [3.63, 3.8) is 0 Å². The van der Waals surface area contributed by atoms with Crippen LogP contribution < -0.4 is 5.73 Å². The van der Waals surface area contributed by atoms with E-state index in [9.17, 15) is 9.18 Å². The van der Waals surface area contributed by atoms with Crippen molar-refractivity contribution in [1.29, 1.82) is 0 Å². The van der Waals surface area contributed by atoms with Gasteiger partial charge in [-0.3, -0.25) is 4.79 Å². The Balaban J connectivity index is 2.64. The second kappa shape index (κ2) is 5.27. The predicted octanol–water partition coefficient (Wildman–Crippen LogP) is 2.56. The van der Waals surface area contributed by atoms with E-state index in [2.05, 4.69) is 0 Å². The van der Waals surface area contributed by atoms with E-state index in [1.807, 2.05) is 0 Å². The van der Waals surface area contributed by atoms with Crippen molar-refractivity contribution in [3.8, 4) is 0 Å². The Morgan fingerprint density at radius 1 is 1.41 bits per heavy atom. The van der Waals surface area contributed by atoms with Crippen LogP contribution in [-0.4, -0.2) is 11.6 Å². The zero-order valence-corrected chi connectivity index (χ0v) is 10.4. The van der Waals surface area contributed by atoms with Gasteiger partial charge in [0.15, 0.2) is 0 Å². The lowest BCUT2D eigenvalue weighted by Gasteiger charge is -2.21. The molecular weight excluding hydrogens is 221 g/mol. The molecule has 0 unspecified atom stereocenters. The topological polar surface area (TPSA) is 52.3 Å². The molecule has 0 bridgehead atoms. The van der Waals surface area contributed by atoms with E-state index in [4.69, 9.17) is 10.5 Å². The normalized spacial score (nSPS) is 13.2. The second-order valence-corrected chi connectivity index (χ2v) is 4.92. The van der Waals surface area contributed by atoms with Gasteiger partial charge in [0.2, 0.25) is 0 Å². The van der Waals surface area contributed by atoms with E-state index in [0.29, 0.717) is 5.56 Å². The maximum Gasteiger partial charge on any atom is 0.308 e. The molecule has 1 rings (SSSR count). The number of rotatable bonds is 3. The average Bonchev–Trinajstić information content (AvgIpc) is 2.14. The molecule has 0 heterocycles. The van der Waals surface area contributed by atoms with Gasteiger partial charge in [0.1, 0.15) is 11.4 Å². The Kier molecular flexibility index (Phi) is 4.23. The molecule has 3 nitrogen and oxygen atoms in total. The Labute approximate surface area is 101 Å². The quantitative estimate of drug-likeness (QED) is 0.825. The van der Waals surface area contributed by atoms with E-state index >= 15 is 0 Å². The van der Waals surface area contributed by atoms with Gasteiger partial charge < -0.3 is 10.5 Å². The minimum Gasteiger partial charge on any atom is -0.460 e. The lowest BCUT2D eigenvalue weighted by Crippen LogP contribution is -2.26. The highest BCUT2D eigenvalue weighted by atomic mass is 19.1. The van der Waals surface area contributed by atoms with Crippen molar-refractivity contribution in [1.82, 2.24) is 0 Å². The molecule has 0 saturated carbocycles. The molecule has 0 amide bonds. The Morgan fingerprint density at radius 2 is 2.00 bits per heavy atom. The highest BCUT2D eigenvalue weighted by Crippen LogP contribution is 2.19. The van der Waals surface area contributed by atoms with E-state index in [0.717, 1.165) is 0 Å². The van der Waals surface area contributed by atoms with E-state index in [1.165, 1.54) is 6.07 Å². The maximum atomic E-state index is 13.4. The van der Waals surface area contributed by atoms with Crippen LogP contribution in [0.5, 0.6) is 0 Å². The van der Waals surface area contributed by atoms with Crippen LogP contribution in [0.1, 0.15) is 38.8 Å². The van der Waals surface area contributed by atoms with Crippen LogP contribution in [0.4, 0.5) is 4.39 Å². The minimum absolute atomic E-state index is 0.0296. The van der Waals surface area contributed by atoms with Gasteiger partial charge in [-0.1, -0.05) is 18.2 Å². The van der Waals surface area contributed by atoms with Crippen LogP contribution in [-0.2, 0) is 9.53 Å². The second-order valence-electron chi connectivity index (χ2n) is 4.92. The summed E-state index contributed by atoms with van der Waals surface area (Å²) in [7, 11) is 0. The van der Waals surface area contributed by atoms with Gasteiger partial charge >= 0.3 is 5.97 Å². The molecule has 0 aliphatic heterocycles. The zero-order valence-electron chi connectivity index (χ0n) is 10.4. The van der Waals surface area contributed by atoms with Gasteiger partial charge in [0.05, 0.1) is 6.42 Å². The summed E-state index contributed by atoms with van der Waals surface area (Å²) in [4.78, 5) is 11.5. The summed E-state index contributed by atoms with van der Waals surface area (Å²) < 4.78 is 18.5. The number of benzene rings is 1. The first-order valence-electron chi connectivity index (χ1n) is 5.51. The number of esters is 1. The fourth-order valence-corrected chi connectivity index (χ4v) is 1.45. The molecule has 94 valence electrons. The smallest absolute Gasteiger partial charge is 0.308 e. The summed E-state index contributed by atoms with van der Waals surface area (Å²) in [5.41, 5.74) is 5.56. The first-order chi connectivity index (χ1) is 7.79. The molecule has 0 fully saturated rings. The molecule has 17 heavy (non-hydrogen) atoms. The van der Waals surface area contributed by atoms with Gasteiger partial charge in [-0.15, -0.1) is 0 Å². The van der Waals surface area contributed by atoms with E-state index < -0.39 is 23.4 Å². The summed E-state index contributed by atoms with van der Waals surface area (Å²) in [5.74, 6) is -0.822. The molecule has 0 spiro atoms. The number of hydrogen-bond donors (Lipinski definition) is 1. The number of nitrogens with two attached hydrogens (primary N) is 1. The number of carbonyl (C=O) groups is 1. The number of ether oxygens (including phenoxy) is 1. The first kappa shape index (κ1) is 13.6. The fraction of sp³-hybridized carbons (Fsp3) is 0.462. The molecule has 1 aromatic rings. The number of halogens is 1. The van der Waals surface area contributed by atoms with Crippen molar-refractivity contribution in [2.24, 2.45) is 5.73 Å². The molecule has 0 radical (unpaired) electrons. The Hall–Kier alpha value is -1.42. The summed E-state index contributed by atoms with van der Waals surface area (Å²) in [6, 6.07) is 5.49. The van der Waals surface area contributed by atoms with Gasteiger partial charge in [-0.2, -0.15) is 0 Å². The molecule has 1 atom stereocenters. The highest BCUT2D eigenvalue weighted by molar-refractivity contribution is 5.70. The largest absolute Gasteiger partial charge is 0.460 e. The zero-order chi connectivity index (χ0) is 13.1. The minimum atomic E-state index is -0.675. The van der Waals surface area contributed by atoms with Crippen LogP contribution in [0.15, 0.2) is 24.3 Å². The molecule has 1 aromatic carbocycles. The summed E-state index contributed by atoms with van der Waals surface area (Å²) >= 11 is 0. The van der Waals surface area contributed by atoms with Crippen molar-refractivity contribution in [2.75, 3.05) is 0 Å². The molecule has 0 aliphatic rings. The van der Waals surface area contributed by atoms with Gasteiger partial charge in [-0.25, -0.2) is 4.39 Å². The monoisotopic (exact) mass is 239 g/mol. The number of hydrogen-bond acceptors (Lipinski definition) is 3. The summed E-state index contributed by atoms with van der Waals surface area (Å²) in [6.45, 7) is 5.33. The van der Waals surface area contributed by atoms with Crippen molar-refractivity contribution < 1.29 is 13.9 Å². The maximum absolute atomic E-state index is 13.4. The first-order valence-corrected chi connectivity index (χ1v) is 5.51.